The number of amides is 2. The largest absolute Gasteiger partial charge is 0.486 e. The van der Waals surface area contributed by atoms with Gasteiger partial charge in [-0.15, -0.1) is 0 Å². The summed E-state index contributed by atoms with van der Waals surface area (Å²) >= 11 is 1.13. The molecule has 1 aliphatic heterocycles. The normalized spacial score (nSPS) is 12.3. The van der Waals surface area contributed by atoms with Crippen molar-refractivity contribution < 1.29 is 19.1 Å². The first kappa shape index (κ1) is 18.0. The third-order valence-corrected chi connectivity index (χ3v) is 5.13. The van der Waals surface area contributed by atoms with Gasteiger partial charge in [-0.3, -0.25) is 14.9 Å². The molecule has 7 nitrogen and oxygen atoms in total. The topological polar surface area (TPSA) is 89.6 Å². The third-order valence-electron chi connectivity index (χ3n) is 4.06. The number of anilines is 2. The lowest BCUT2D eigenvalue weighted by Crippen LogP contribution is -2.16. The lowest BCUT2D eigenvalue weighted by Gasteiger charge is -2.18. The molecule has 0 radical (unpaired) electrons. The van der Waals surface area contributed by atoms with Crippen LogP contribution in [0, 0.1) is 6.92 Å². The first-order valence-corrected chi connectivity index (χ1v) is 9.46. The van der Waals surface area contributed by atoms with Crippen molar-refractivity contribution in [1.82, 2.24) is 4.98 Å². The maximum atomic E-state index is 12.6. The molecule has 2 aromatic carbocycles. The Bertz CT molecular complexity index is 1030. The second kappa shape index (κ2) is 7.69. The number of ether oxygens (including phenoxy) is 2. The van der Waals surface area contributed by atoms with Gasteiger partial charge >= 0.3 is 0 Å². The summed E-state index contributed by atoms with van der Waals surface area (Å²) < 4.78 is 11.0. The summed E-state index contributed by atoms with van der Waals surface area (Å²) in [4.78, 5) is 29.6. The molecule has 4 rings (SSSR count). The van der Waals surface area contributed by atoms with Crippen LogP contribution in [0.25, 0.3) is 0 Å². The molecule has 3 aromatic rings. The number of carbonyl (C=O) groups excluding carboxylic acids is 2. The average molecular weight is 395 g/mol. The van der Waals surface area contributed by atoms with Gasteiger partial charge in [0.2, 0.25) is 0 Å². The molecule has 0 fully saturated rings. The third kappa shape index (κ3) is 3.81. The van der Waals surface area contributed by atoms with Gasteiger partial charge in [0, 0.05) is 17.3 Å². The second-order valence-corrected chi connectivity index (χ2v) is 7.07. The summed E-state index contributed by atoms with van der Waals surface area (Å²) in [7, 11) is 0. The van der Waals surface area contributed by atoms with Crippen molar-refractivity contribution in [2.24, 2.45) is 0 Å². The maximum Gasteiger partial charge on any atom is 0.267 e. The number of aromatic nitrogens is 1. The molecule has 142 valence electrons. The van der Waals surface area contributed by atoms with Crippen molar-refractivity contribution in [3.63, 3.8) is 0 Å². The Morgan fingerprint density at radius 3 is 2.50 bits per heavy atom. The van der Waals surface area contributed by atoms with Crippen LogP contribution in [0.15, 0.2) is 48.5 Å². The van der Waals surface area contributed by atoms with E-state index in [-0.39, 0.29) is 11.8 Å². The quantitative estimate of drug-likeness (QED) is 0.703. The summed E-state index contributed by atoms with van der Waals surface area (Å²) in [6, 6.07) is 14.1. The fourth-order valence-corrected chi connectivity index (χ4v) is 3.59. The fraction of sp³-hybridized carbons (Fsp3) is 0.150. The van der Waals surface area contributed by atoms with E-state index < -0.39 is 0 Å². The smallest absolute Gasteiger partial charge is 0.267 e. The van der Waals surface area contributed by atoms with Gasteiger partial charge in [0.25, 0.3) is 11.8 Å². The van der Waals surface area contributed by atoms with E-state index in [2.05, 4.69) is 15.6 Å². The van der Waals surface area contributed by atoms with Crippen molar-refractivity contribution in [1.29, 1.82) is 0 Å². The van der Waals surface area contributed by atoms with Crippen LogP contribution in [-0.2, 0) is 0 Å². The zero-order chi connectivity index (χ0) is 19.5. The van der Waals surface area contributed by atoms with E-state index in [4.69, 9.17) is 9.47 Å². The van der Waals surface area contributed by atoms with Crippen molar-refractivity contribution in [3.05, 3.63) is 64.7 Å². The molecule has 0 bridgehead atoms. The molecule has 8 heteroatoms. The number of benzene rings is 2. The molecule has 0 saturated heterocycles. The average Bonchev–Trinajstić information content (AvgIpc) is 3.08. The number of hydrogen-bond acceptors (Lipinski definition) is 6. The first-order valence-electron chi connectivity index (χ1n) is 8.65. The van der Waals surface area contributed by atoms with E-state index in [0.717, 1.165) is 11.3 Å². The van der Waals surface area contributed by atoms with Gasteiger partial charge in [-0.1, -0.05) is 29.5 Å². The van der Waals surface area contributed by atoms with Gasteiger partial charge in [-0.05, 0) is 31.2 Å². The number of carbonyl (C=O) groups is 2. The van der Waals surface area contributed by atoms with E-state index in [1.165, 1.54) is 0 Å². The highest BCUT2D eigenvalue weighted by Crippen LogP contribution is 2.33. The molecular formula is C20H17N3O4S. The summed E-state index contributed by atoms with van der Waals surface area (Å²) in [5.74, 6) is 0.685. The minimum Gasteiger partial charge on any atom is -0.486 e. The lowest BCUT2D eigenvalue weighted by atomic mass is 10.2. The molecule has 0 atom stereocenters. The van der Waals surface area contributed by atoms with E-state index in [0.29, 0.717) is 51.7 Å². The maximum absolute atomic E-state index is 12.6. The Morgan fingerprint density at radius 2 is 1.71 bits per heavy atom. The Labute approximate surface area is 165 Å². The number of nitrogens with zero attached hydrogens (tertiary/aromatic N) is 1. The van der Waals surface area contributed by atoms with E-state index in [1.54, 1.807) is 49.4 Å². The predicted molar refractivity (Wildman–Crippen MR) is 107 cm³/mol. The highest BCUT2D eigenvalue weighted by Gasteiger charge is 2.18. The van der Waals surface area contributed by atoms with Crippen molar-refractivity contribution >= 4 is 34.0 Å². The van der Waals surface area contributed by atoms with Crippen LogP contribution in [-0.4, -0.2) is 30.0 Å². The van der Waals surface area contributed by atoms with Gasteiger partial charge in [0.1, 0.15) is 18.1 Å². The summed E-state index contributed by atoms with van der Waals surface area (Å²) in [6.07, 6.45) is 0. The molecule has 2 N–H and O–H groups in total. The molecule has 0 aliphatic carbocycles. The number of thiazole rings is 1. The molecule has 0 unspecified atom stereocenters. The monoisotopic (exact) mass is 395 g/mol. The standard InChI is InChI=1S/C20H17N3O4S/c1-12-17(28-20(21-12)23-18(24)13-5-3-2-4-6-13)19(25)22-14-7-8-15-16(11-14)27-10-9-26-15/h2-8,11H,9-10H2,1H3,(H,22,25)(H,21,23,24). The van der Waals surface area contributed by atoms with Gasteiger partial charge in [0.15, 0.2) is 16.6 Å². The minimum atomic E-state index is -0.299. The van der Waals surface area contributed by atoms with Gasteiger partial charge in [-0.2, -0.15) is 0 Å². The molecular weight excluding hydrogens is 378 g/mol. The Hall–Kier alpha value is -3.39. The van der Waals surface area contributed by atoms with Crippen LogP contribution >= 0.6 is 11.3 Å². The van der Waals surface area contributed by atoms with Gasteiger partial charge in [0.05, 0.1) is 5.69 Å². The predicted octanol–water partition coefficient (Wildman–Crippen LogP) is 3.73. The molecule has 1 aliphatic rings. The van der Waals surface area contributed by atoms with E-state index in [1.807, 2.05) is 6.07 Å². The van der Waals surface area contributed by atoms with Gasteiger partial charge < -0.3 is 14.8 Å². The first-order chi connectivity index (χ1) is 13.6. The van der Waals surface area contributed by atoms with E-state index >= 15 is 0 Å². The van der Waals surface area contributed by atoms with Crippen LogP contribution in [0.2, 0.25) is 0 Å². The van der Waals surface area contributed by atoms with Crippen molar-refractivity contribution in [2.75, 3.05) is 23.8 Å². The molecule has 0 saturated carbocycles. The van der Waals surface area contributed by atoms with Crippen LogP contribution in [0.4, 0.5) is 10.8 Å². The number of hydrogen-bond donors (Lipinski definition) is 2. The Morgan fingerprint density at radius 1 is 0.964 bits per heavy atom. The molecule has 1 aromatic heterocycles. The number of fused-ring (bicyclic) bond motifs is 1. The van der Waals surface area contributed by atoms with Crippen LogP contribution in [0.1, 0.15) is 25.7 Å². The fourth-order valence-electron chi connectivity index (χ4n) is 2.73. The highest BCUT2D eigenvalue weighted by atomic mass is 32.1. The second-order valence-electron chi connectivity index (χ2n) is 6.07. The van der Waals surface area contributed by atoms with Crippen LogP contribution in [0.3, 0.4) is 0 Å². The number of aryl methyl sites for hydroxylation is 1. The number of nitrogens with one attached hydrogen (secondary N) is 2. The van der Waals surface area contributed by atoms with Crippen molar-refractivity contribution in [2.45, 2.75) is 6.92 Å². The summed E-state index contributed by atoms with van der Waals surface area (Å²) in [5, 5.41) is 5.94. The zero-order valence-electron chi connectivity index (χ0n) is 15.0. The minimum absolute atomic E-state index is 0.270. The molecule has 2 heterocycles. The van der Waals surface area contributed by atoms with E-state index in [9.17, 15) is 9.59 Å². The zero-order valence-corrected chi connectivity index (χ0v) is 15.8. The molecule has 28 heavy (non-hydrogen) atoms. The Kier molecular flexibility index (Phi) is 4.94. The highest BCUT2D eigenvalue weighted by molar-refractivity contribution is 7.17. The van der Waals surface area contributed by atoms with Crippen LogP contribution < -0.4 is 20.1 Å². The van der Waals surface area contributed by atoms with Crippen LogP contribution in [0.5, 0.6) is 11.5 Å². The summed E-state index contributed by atoms with van der Waals surface area (Å²) in [5.41, 5.74) is 1.66. The van der Waals surface area contributed by atoms with Crippen molar-refractivity contribution in [3.8, 4) is 11.5 Å². The Balaban J connectivity index is 1.47. The van der Waals surface area contributed by atoms with Gasteiger partial charge in [-0.25, -0.2) is 4.98 Å². The molecule has 0 spiro atoms. The molecule has 2 amide bonds. The number of rotatable bonds is 4. The SMILES string of the molecule is Cc1nc(NC(=O)c2ccccc2)sc1C(=O)Nc1ccc2c(c1)OCCO2. The summed E-state index contributed by atoms with van der Waals surface area (Å²) in [6.45, 7) is 2.71. The lowest BCUT2D eigenvalue weighted by molar-refractivity contribution is 0.102.